The molecule has 0 heterocycles. The number of rotatable bonds is 5. The molecule has 106 valence electrons. The Hall–Kier alpha value is -3.07. The van der Waals surface area contributed by atoms with Crippen molar-refractivity contribution in [3.8, 4) is 17.6 Å². The van der Waals surface area contributed by atoms with E-state index in [9.17, 15) is 10.1 Å². The van der Waals surface area contributed by atoms with Gasteiger partial charge in [0.25, 0.3) is 5.69 Å². The molecule has 2 aromatic rings. The van der Waals surface area contributed by atoms with E-state index in [1.165, 1.54) is 19.2 Å². The maximum Gasteiger partial charge on any atom is 0.269 e. The Balaban J connectivity index is 2.09. The molecule has 0 aliphatic heterocycles. The minimum atomic E-state index is -0.450. The van der Waals surface area contributed by atoms with Gasteiger partial charge in [-0.05, 0) is 29.8 Å². The van der Waals surface area contributed by atoms with E-state index < -0.39 is 4.92 Å². The molecule has 2 aromatic carbocycles. The van der Waals surface area contributed by atoms with E-state index >= 15 is 0 Å². The second-order valence-corrected chi connectivity index (χ2v) is 4.19. The van der Waals surface area contributed by atoms with Crippen LogP contribution in [-0.2, 0) is 6.61 Å². The van der Waals surface area contributed by atoms with Gasteiger partial charge in [-0.2, -0.15) is 5.26 Å². The summed E-state index contributed by atoms with van der Waals surface area (Å²) in [6, 6.07) is 13.0. The molecule has 0 N–H and O–H groups in total. The minimum absolute atomic E-state index is 0.0368. The van der Waals surface area contributed by atoms with Gasteiger partial charge in [-0.3, -0.25) is 10.1 Å². The van der Waals surface area contributed by atoms with E-state index in [2.05, 4.69) is 0 Å². The molecule has 0 bridgehead atoms. The molecule has 0 aromatic heterocycles. The summed E-state index contributed by atoms with van der Waals surface area (Å²) in [6.07, 6.45) is 0. The number of nitro benzene ring substituents is 1. The van der Waals surface area contributed by atoms with Crippen molar-refractivity contribution in [2.24, 2.45) is 0 Å². The normalized spacial score (nSPS) is 9.71. The van der Waals surface area contributed by atoms with Gasteiger partial charge >= 0.3 is 0 Å². The van der Waals surface area contributed by atoms with Gasteiger partial charge in [0.2, 0.25) is 0 Å². The third-order valence-electron chi connectivity index (χ3n) is 2.83. The molecule has 0 radical (unpaired) electrons. The largest absolute Gasteiger partial charge is 0.493 e. The van der Waals surface area contributed by atoms with E-state index in [0.29, 0.717) is 17.1 Å². The second-order valence-electron chi connectivity index (χ2n) is 4.19. The zero-order valence-corrected chi connectivity index (χ0v) is 11.3. The maximum atomic E-state index is 10.6. The lowest BCUT2D eigenvalue weighted by Gasteiger charge is -2.10. The van der Waals surface area contributed by atoms with E-state index in [1.807, 2.05) is 6.07 Å². The van der Waals surface area contributed by atoms with E-state index in [-0.39, 0.29) is 12.3 Å². The van der Waals surface area contributed by atoms with Crippen molar-refractivity contribution in [1.82, 2.24) is 0 Å². The summed E-state index contributed by atoms with van der Waals surface area (Å²) in [5.41, 5.74) is 1.32. The van der Waals surface area contributed by atoms with E-state index in [0.717, 1.165) is 5.56 Å². The molecule has 0 aliphatic rings. The SMILES string of the molecule is COc1cc(C#N)ccc1OCc1ccc([N+](=O)[O-])cc1. The average molecular weight is 284 g/mol. The van der Waals surface area contributed by atoms with Gasteiger partial charge in [0.05, 0.1) is 23.7 Å². The average Bonchev–Trinajstić information content (AvgIpc) is 2.53. The van der Waals surface area contributed by atoms with Gasteiger partial charge in [0.1, 0.15) is 6.61 Å². The van der Waals surface area contributed by atoms with Crippen LogP contribution in [0, 0.1) is 21.4 Å². The molecule has 0 amide bonds. The first-order chi connectivity index (χ1) is 10.1. The fourth-order valence-corrected chi connectivity index (χ4v) is 1.73. The van der Waals surface area contributed by atoms with Crippen LogP contribution in [0.1, 0.15) is 11.1 Å². The number of hydrogen-bond donors (Lipinski definition) is 0. The number of benzene rings is 2. The Morgan fingerprint density at radius 2 is 1.90 bits per heavy atom. The topological polar surface area (TPSA) is 85.4 Å². The quantitative estimate of drug-likeness (QED) is 0.622. The highest BCUT2D eigenvalue weighted by Crippen LogP contribution is 2.28. The fraction of sp³-hybridized carbons (Fsp3) is 0.133. The van der Waals surface area contributed by atoms with Gasteiger partial charge in [-0.15, -0.1) is 0 Å². The van der Waals surface area contributed by atoms with Crippen LogP contribution in [0.4, 0.5) is 5.69 Å². The Morgan fingerprint density at radius 1 is 1.19 bits per heavy atom. The highest BCUT2D eigenvalue weighted by atomic mass is 16.6. The summed E-state index contributed by atoms with van der Waals surface area (Å²) >= 11 is 0. The van der Waals surface area contributed by atoms with Crippen molar-refractivity contribution >= 4 is 5.69 Å². The van der Waals surface area contributed by atoms with Crippen LogP contribution in [0.5, 0.6) is 11.5 Å². The van der Waals surface area contributed by atoms with Gasteiger partial charge in [0.15, 0.2) is 11.5 Å². The molecule has 0 unspecified atom stereocenters. The molecular weight excluding hydrogens is 272 g/mol. The molecule has 6 nitrogen and oxygen atoms in total. The molecule has 0 fully saturated rings. The molecule has 0 spiro atoms. The highest BCUT2D eigenvalue weighted by molar-refractivity contribution is 5.46. The van der Waals surface area contributed by atoms with Crippen molar-refractivity contribution in [2.75, 3.05) is 7.11 Å². The van der Waals surface area contributed by atoms with Gasteiger partial charge < -0.3 is 9.47 Å². The molecular formula is C15H12N2O4. The minimum Gasteiger partial charge on any atom is -0.493 e. The molecule has 21 heavy (non-hydrogen) atoms. The molecule has 0 saturated carbocycles. The van der Waals surface area contributed by atoms with Crippen LogP contribution in [0.3, 0.4) is 0 Å². The van der Waals surface area contributed by atoms with Gasteiger partial charge in [0, 0.05) is 18.2 Å². The zero-order valence-electron chi connectivity index (χ0n) is 11.3. The lowest BCUT2D eigenvalue weighted by atomic mass is 10.2. The molecule has 6 heteroatoms. The standard InChI is InChI=1S/C15H12N2O4/c1-20-15-8-12(9-16)4-7-14(15)21-10-11-2-5-13(6-3-11)17(18)19/h2-8H,10H2,1H3. The number of methoxy groups -OCH3 is 1. The smallest absolute Gasteiger partial charge is 0.269 e. The van der Waals surface area contributed by atoms with Gasteiger partial charge in [-0.25, -0.2) is 0 Å². The number of hydrogen-bond acceptors (Lipinski definition) is 5. The number of nitrogens with zero attached hydrogens (tertiary/aromatic N) is 2. The molecule has 0 aliphatic carbocycles. The van der Waals surface area contributed by atoms with E-state index in [1.54, 1.807) is 30.3 Å². The zero-order chi connectivity index (χ0) is 15.2. The van der Waals surface area contributed by atoms with Gasteiger partial charge in [-0.1, -0.05) is 0 Å². The monoisotopic (exact) mass is 284 g/mol. The number of nitriles is 1. The van der Waals surface area contributed by atoms with Crippen molar-refractivity contribution in [1.29, 1.82) is 5.26 Å². The number of nitro groups is 1. The Morgan fingerprint density at radius 3 is 2.48 bits per heavy atom. The highest BCUT2D eigenvalue weighted by Gasteiger charge is 2.07. The number of ether oxygens (including phenoxy) is 2. The van der Waals surface area contributed by atoms with Crippen molar-refractivity contribution in [2.45, 2.75) is 6.61 Å². The summed E-state index contributed by atoms with van der Waals surface area (Å²) in [5, 5.41) is 19.4. The first-order valence-corrected chi connectivity index (χ1v) is 6.08. The summed E-state index contributed by atoms with van der Waals surface area (Å²) in [5.74, 6) is 0.978. The van der Waals surface area contributed by atoms with Crippen LogP contribution in [0.15, 0.2) is 42.5 Å². The second kappa shape index (κ2) is 6.39. The van der Waals surface area contributed by atoms with Crippen LogP contribution in [0.25, 0.3) is 0 Å². The molecule has 0 atom stereocenters. The summed E-state index contributed by atoms with van der Waals surface area (Å²) < 4.78 is 10.8. The van der Waals surface area contributed by atoms with Crippen molar-refractivity contribution in [3.05, 3.63) is 63.7 Å². The van der Waals surface area contributed by atoms with Crippen molar-refractivity contribution in [3.63, 3.8) is 0 Å². The van der Waals surface area contributed by atoms with Crippen LogP contribution >= 0.6 is 0 Å². The van der Waals surface area contributed by atoms with Crippen LogP contribution in [0.2, 0.25) is 0 Å². The van der Waals surface area contributed by atoms with Crippen LogP contribution < -0.4 is 9.47 Å². The predicted molar refractivity (Wildman–Crippen MR) is 75.1 cm³/mol. The third kappa shape index (κ3) is 3.48. The Labute approximate surface area is 121 Å². The summed E-state index contributed by atoms with van der Waals surface area (Å²) in [7, 11) is 1.50. The summed E-state index contributed by atoms with van der Waals surface area (Å²) in [4.78, 5) is 10.1. The number of non-ortho nitro benzene ring substituents is 1. The third-order valence-corrected chi connectivity index (χ3v) is 2.83. The predicted octanol–water partition coefficient (Wildman–Crippen LogP) is 3.05. The lowest BCUT2D eigenvalue weighted by Crippen LogP contribution is -1.98. The van der Waals surface area contributed by atoms with E-state index in [4.69, 9.17) is 14.7 Å². The molecule has 0 saturated heterocycles. The van der Waals surface area contributed by atoms with Crippen LogP contribution in [-0.4, -0.2) is 12.0 Å². The summed E-state index contributed by atoms with van der Waals surface area (Å²) in [6.45, 7) is 0.250. The lowest BCUT2D eigenvalue weighted by molar-refractivity contribution is -0.384. The molecule has 2 rings (SSSR count). The Kier molecular flexibility index (Phi) is 4.36. The van der Waals surface area contributed by atoms with Crippen molar-refractivity contribution < 1.29 is 14.4 Å². The fourth-order valence-electron chi connectivity index (χ4n) is 1.73. The first kappa shape index (κ1) is 14.3. The first-order valence-electron chi connectivity index (χ1n) is 6.08. The maximum absolute atomic E-state index is 10.6. The Bertz CT molecular complexity index is 690.